The number of hydrogen-bond acceptors (Lipinski definition) is 3. The standard InChI is InChI=1S/C13H17ClN3O/c14-10-6-11(15)12(16-8-10)13(18)17-7-9-4-2-1-3-5-9/h6-9H,1-5,15H2,(H,17,18). The second-order valence-electron chi connectivity index (χ2n) is 4.63. The molecule has 0 atom stereocenters. The smallest absolute Gasteiger partial charge is 0.272 e. The molecule has 1 aromatic rings. The van der Waals surface area contributed by atoms with E-state index in [1.54, 1.807) is 0 Å². The molecular weight excluding hydrogens is 250 g/mol. The number of halogens is 1. The Hall–Kier alpha value is -1.29. The van der Waals surface area contributed by atoms with Crippen LogP contribution in [0.1, 0.15) is 42.6 Å². The minimum atomic E-state index is -0.269. The topological polar surface area (TPSA) is 68.0 Å². The van der Waals surface area contributed by atoms with Gasteiger partial charge in [-0.3, -0.25) is 4.79 Å². The molecule has 1 aliphatic rings. The van der Waals surface area contributed by atoms with Gasteiger partial charge in [0.2, 0.25) is 0 Å². The van der Waals surface area contributed by atoms with Crippen LogP contribution in [0.5, 0.6) is 0 Å². The fraction of sp³-hybridized carbons (Fsp3) is 0.462. The van der Waals surface area contributed by atoms with Gasteiger partial charge in [-0.15, -0.1) is 0 Å². The summed E-state index contributed by atoms with van der Waals surface area (Å²) in [6.07, 6.45) is 7.47. The minimum Gasteiger partial charge on any atom is -0.397 e. The van der Waals surface area contributed by atoms with Crippen LogP contribution in [0.25, 0.3) is 0 Å². The van der Waals surface area contributed by atoms with Crippen molar-refractivity contribution in [1.82, 2.24) is 10.3 Å². The van der Waals surface area contributed by atoms with Crippen molar-refractivity contribution in [2.24, 2.45) is 5.92 Å². The lowest BCUT2D eigenvalue weighted by atomic mass is 9.89. The minimum absolute atomic E-state index is 0.228. The van der Waals surface area contributed by atoms with Crippen molar-refractivity contribution in [2.45, 2.75) is 32.1 Å². The maximum absolute atomic E-state index is 11.9. The maximum Gasteiger partial charge on any atom is 0.272 e. The highest BCUT2D eigenvalue weighted by atomic mass is 35.5. The SMILES string of the molecule is Nc1cc(Cl)cnc1C(=O)N[CH]C1CCCCC1. The zero-order chi connectivity index (χ0) is 13.0. The first-order valence-corrected chi connectivity index (χ1v) is 6.60. The zero-order valence-corrected chi connectivity index (χ0v) is 10.9. The summed E-state index contributed by atoms with van der Waals surface area (Å²) in [6, 6.07) is 1.53. The van der Waals surface area contributed by atoms with Gasteiger partial charge in [-0.25, -0.2) is 4.98 Å². The van der Waals surface area contributed by atoms with Gasteiger partial charge in [-0.05, 0) is 24.8 Å². The number of anilines is 1. The lowest BCUT2D eigenvalue weighted by Gasteiger charge is -2.21. The lowest BCUT2D eigenvalue weighted by Crippen LogP contribution is -2.27. The fourth-order valence-corrected chi connectivity index (χ4v) is 2.37. The van der Waals surface area contributed by atoms with E-state index in [0.717, 1.165) is 12.8 Å². The zero-order valence-electron chi connectivity index (χ0n) is 10.2. The van der Waals surface area contributed by atoms with Crippen molar-refractivity contribution >= 4 is 23.2 Å². The van der Waals surface area contributed by atoms with Crippen LogP contribution in [-0.2, 0) is 0 Å². The molecule has 1 fully saturated rings. The van der Waals surface area contributed by atoms with Crippen LogP contribution < -0.4 is 11.1 Å². The van der Waals surface area contributed by atoms with Gasteiger partial charge in [0, 0.05) is 6.20 Å². The molecule has 0 spiro atoms. The summed E-state index contributed by atoms with van der Waals surface area (Å²) in [5.41, 5.74) is 6.24. The number of amides is 1. The van der Waals surface area contributed by atoms with Gasteiger partial charge in [-0.1, -0.05) is 30.9 Å². The van der Waals surface area contributed by atoms with E-state index in [0.29, 0.717) is 16.6 Å². The fourth-order valence-electron chi connectivity index (χ4n) is 2.21. The second kappa shape index (κ2) is 6.05. The van der Waals surface area contributed by atoms with Crippen molar-refractivity contribution in [1.29, 1.82) is 0 Å². The molecule has 0 aromatic carbocycles. The molecule has 1 saturated carbocycles. The Kier molecular flexibility index (Phi) is 4.42. The summed E-state index contributed by atoms with van der Waals surface area (Å²) in [5.74, 6) is 0.200. The Morgan fingerprint density at radius 1 is 1.44 bits per heavy atom. The molecule has 1 heterocycles. The van der Waals surface area contributed by atoms with Crippen molar-refractivity contribution in [3.8, 4) is 0 Å². The van der Waals surface area contributed by atoms with Gasteiger partial charge in [0.25, 0.3) is 5.91 Å². The van der Waals surface area contributed by atoms with Crippen molar-refractivity contribution in [3.63, 3.8) is 0 Å². The van der Waals surface area contributed by atoms with E-state index >= 15 is 0 Å². The highest BCUT2D eigenvalue weighted by Gasteiger charge is 2.17. The van der Waals surface area contributed by atoms with Crippen LogP contribution in [0.4, 0.5) is 5.69 Å². The molecule has 5 heteroatoms. The van der Waals surface area contributed by atoms with Crippen molar-refractivity contribution in [3.05, 3.63) is 29.5 Å². The molecule has 2 rings (SSSR count). The number of nitrogens with zero attached hydrogens (tertiary/aromatic N) is 1. The van der Waals surface area contributed by atoms with Crippen LogP contribution >= 0.6 is 11.6 Å². The highest BCUT2D eigenvalue weighted by molar-refractivity contribution is 6.30. The predicted octanol–water partition coefficient (Wildman–Crippen LogP) is 2.79. The summed E-state index contributed by atoms with van der Waals surface area (Å²) >= 11 is 5.74. The molecule has 0 saturated heterocycles. The molecule has 3 N–H and O–H groups in total. The molecule has 1 aromatic heterocycles. The number of pyridine rings is 1. The monoisotopic (exact) mass is 266 g/mol. The van der Waals surface area contributed by atoms with Crippen molar-refractivity contribution in [2.75, 3.05) is 5.73 Å². The molecule has 1 aliphatic carbocycles. The Labute approximate surface area is 112 Å². The van der Waals surface area contributed by atoms with Gasteiger partial charge in [0.15, 0.2) is 5.69 Å². The largest absolute Gasteiger partial charge is 0.397 e. The van der Waals surface area contributed by atoms with Crippen LogP contribution in [0, 0.1) is 12.5 Å². The summed E-state index contributed by atoms with van der Waals surface area (Å²) in [4.78, 5) is 15.8. The summed E-state index contributed by atoms with van der Waals surface area (Å²) in [5, 5.41) is 3.21. The Morgan fingerprint density at radius 2 is 2.17 bits per heavy atom. The summed E-state index contributed by atoms with van der Waals surface area (Å²) < 4.78 is 0. The molecule has 1 radical (unpaired) electrons. The van der Waals surface area contributed by atoms with E-state index in [1.807, 2.05) is 6.54 Å². The first-order chi connectivity index (χ1) is 8.66. The normalized spacial score (nSPS) is 16.5. The molecule has 0 unspecified atom stereocenters. The molecule has 18 heavy (non-hydrogen) atoms. The molecule has 1 amide bonds. The van der Waals surface area contributed by atoms with Gasteiger partial charge in [-0.2, -0.15) is 0 Å². The number of rotatable bonds is 3. The van der Waals surface area contributed by atoms with Crippen LogP contribution in [-0.4, -0.2) is 10.9 Å². The summed E-state index contributed by atoms with van der Waals surface area (Å²) in [6.45, 7) is 1.87. The first-order valence-electron chi connectivity index (χ1n) is 6.22. The number of nitrogens with one attached hydrogen (secondary N) is 1. The first kappa shape index (κ1) is 13.1. The number of hydrogen-bond donors (Lipinski definition) is 2. The van der Waals surface area contributed by atoms with Crippen molar-refractivity contribution < 1.29 is 4.79 Å². The average molecular weight is 267 g/mol. The predicted molar refractivity (Wildman–Crippen MR) is 72.0 cm³/mol. The van der Waals surface area contributed by atoms with Gasteiger partial charge in [0.1, 0.15) is 0 Å². The van der Waals surface area contributed by atoms with E-state index in [4.69, 9.17) is 17.3 Å². The van der Waals surface area contributed by atoms with Gasteiger partial charge < -0.3 is 11.1 Å². The number of nitrogens with two attached hydrogens (primary N) is 1. The lowest BCUT2D eigenvalue weighted by molar-refractivity contribution is 0.0953. The average Bonchev–Trinajstić information content (AvgIpc) is 2.37. The van der Waals surface area contributed by atoms with E-state index in [2.05, 4.69) is 10.3 Å². The quantitative estimate of drug-likeness (QED) is 0.884. The van der Waals surface area contributed by atoms with Crippen LogP contribution in [0.2, 0.25) is 5.02 Å². The third-order valence-corrected chi connectivity index (χ3v) is 3.41. The van der Waals surface area contributed by atoms with E-state index in [1.165, 1.54) is 31.5 Å². The van der Waals surface area contributed by atoms with E-state index in [9.17, 15) is 4.79 Å². The van der Waals surface area contributed by atoms with E-state index < -0.39 is 0 Å². The Morgan fingerprint density at radius 3 is 2.83 bits per heavy atom. The van der Waals surface area contributed by atoms with Gasteiger partial charge >= 0.3 is 0 Å². The third kappa shape index (κ3) is 3.35. The molecule has 97 valence electrons. The Balaban J connectivity index is 1.90. The van der Waals surface area contributed by atoms with E-state index in [-0.39, 0.29) is 11.6 Å². The van der Waals surface area contributed by atoms with Crippen LogP contribution in [0.15, 0.2) is 12.3 Å². The highest BCUT2D eigenvalue weighted by Crippen LogP contribution is 2.25. The molecule has 4 nitrogen and oxygen atoms in total. The van der Waals surface area contributed by atoms with Gasteiger partial charge in [0.05, 0.1) is 17.3 Å². The van der Waals surface area contributed by atoms with Crippen LogP contribution in [0.3, 0.4) is 0 Å². The molecule has 0 aliphatic heterocycles. The molecular formula is C13H17ClN3O. The summed E-state index contributed by atoms with van der Waals surface area (Å²) in [7, 11) is 0. The maximum atomic E-state index is 11.9. The number of carbonyl (C=O) groups excluding carboxylic acids is 1. The Bertz CT molecular complexity index is 430. The second-order valence-corrected chi connectivity index (χ2v) is 5.07. The third-order valence-electron chi connectivity index (χ3n) is 3.20. The molecule has 0 bridgehead atoms. The number of carbonyl (C=O) groups is 1. The number of aromatic nitrogens is 1. The number of nitrogen functional groups attached to an aromatic ring is 1.